The molecule has 0 aliphatic carbocycles. The molecule has 128 valence electrons. The lowest BCUT2D eigenvalue weighted by atomic mass is 9.89. The Morgan fingerprint density at radius 3 is 2.30 bits per heavy atom. The van der Waals surface area contributed by atoms with Crippen molar-refractivity contribution in [2.45, 2.75) is 50.7 Å². The molecule has 0 amide bonds. The molecule has 2 fully saturated rings. The van der Waals surface area contributed by atoms with Crippen LogP contribution in [0, 0.1) is 0 Å². The first-order chi connectivity index (χ1) is 11.0. The fourth-order valence-corrected chi connectivity index (χ4v) is 4.13. The molecule has 3 heteroatoms. The van der Waals surface area contributed by atoms with Gasteiger partial charge in [0.2, 0.25) is 0 Å². The van der Waals surface area contributed by atoms with E-state index in [1.807, 2.05) is 0 Å². The fraction of sp³-hybridized carbons (Fsp3) is 0.700. The Morgan fingerprint density at radius 2 is 1.74 bits per heavy atom. The topological polar surface area (TPSA) is 9.72 Å². The number of hydrogen-bond donors (Lipinski definition) is 0. The molecule has 1 aromatic carbocycles. The SMILES string of the molecule is CC1CC(N(C)C)CN1Cc1ccc(C2CCN(C)CC2)cc1. The zero-order valence-corrected chi connectivity index (χ0v) is 15.3. The molecule has 3 rings (SSSR count). The molecule has 23 heavy (non-hydrogen) atoms. The van der Waals surface area contributed by atoms with Crippen LogP contribution in [-0.4, -0.2) is 67.6 Å². The normalized spacial score (nSPS) is 27.9. The van der Waals surface area contributed by atoms with E-state index in [9.17, 15) is 0 Å². The maximum atomic E-state index is 2.63. The van der Waals surface area contributed by atoms with Crippen LogP contribution in [0.2, 0.25) is 0 Å². The van der Waals surface area contributed by atoms with E-state index < -0.39 is 0 Å². The third-order valence-corrected chi connectivity index (χ3v) is 5.97. The van der Waals surface area contributed by atoms with E-state index in [4.69, 9.17) is 0 Å². The first-order valence-corrected chi connectivity index (χ1v) is 9.21. The van der Waals surface area contributed by atoms with E-state index >= 15 is 0 Å². The van der Waals surface area contributed by atoms with E-state index in [0.29, 0.717) is 12.1 Å². The van der Waals surface area contributed by atoms with Crippen molar-refractivity contribution in [3.63, 3.8) is 0 Å². The van der Waals surface area contributed by atoms with Gasteiger partial charge in [0.25, 0.3) is 0 Å². The van der Waals surface area contributed by atoms with Crippen molar-refractivity contribution in [3.8, 4) is 0 Å². The van der Waals surface area contributed by atoms with E-state index in [-0.39, 0.29) is 0 Å². The molecule has 2 aliphatic rings. The second-order valence-corrected chi connectivity index (χ2v) is 7.95. The van der Waals surface area contributed by atoms with Crippen molar-refractivity contribution in [1.29, 1.82) is 0 Å². The van der Waals surface area contributed by atoms with Gasteiger partial charge in [0.05, 0.1) is 0 Å². The summed E-state index contributed by atoms with van der Waals surface area (Å²) in [6.07, 6.45) is 3.91. The van der Waals surface area contributed by atoms with Gasteiger partial charge in [-0.3, -0.25) is 4.90 Å². The molecule has 2 aliphatic heterocycles. The number of nitrogens with zero attached hydrogens (tertiary/aromatic N) is 3. The Morgan fingerprint density at radius 1 is 1.09 bits per heavy atom. The Kier molecular flexibility index (Phi) is 5.40. The smallest absolute Gasteiger partial charge is 0.0237 e. The summed E-state index contributed by atoms with van der Waals surface area (Å²) in [6, 6.07) is 10.9. The molecule has 2 atom stereocenters. The van der Waals surface area contributed by atoms with Gasteiger partial charge in [-0.1, -0.05) is 24.3 Å². The van der Waals surface area contributed by atoms with Crippen molar-refractivity contribution < 1.29 is 0 Å². The molecule has 0 spiro atoms. The molecule has 0 bridgehead atoms. The van der Waals surface area contributed by atoms with Crippen LogP contribution in [0.5, 0.6) is 0 Å². The summed E-state index contributed by atoms with van der Waals surface area (Å²) in [7, 11) is 6.64. The average molecular weight is 316 g/mol. The van der Waals surface area contributed by atoms with Gasteiger partial charge in [0.15, 0.2) is 0 Å². The minimum Gasteiger partial charge on any atom is -0.306 e. The second-order valence-electron chi connectivity index (χ2n) is 7.95. The molecule has 2 unspecified atom stereocenters. The molecule has 0 radical (unpaired) electrons. The predicted molar refractivity (Wildman–Crippen MR) is 97.9 cm³/mol. The van der Waals surface area contributed by atoms with Gasteiger partial charge in [-0.2, -0.15) is 0 Å². The Hall–Kier alpha value is -0.900. The van der Waals surface area contributed by atoms with Gasteiger partial charge < -0.3 is 9.80 Å². The van der Waals surface area contributed by atoms with Gasteiger partial charge in [-0.05, 0) is 77.5 Å². The van der Waals surface area contributed by atoms with Crippen molar-refractivity contribution in [2.75, 3.05) is 40.8 Å². The number of likely N-dealkylation sites (tertiary alicyclic amines) is 2. The molecule has 2 saturated heterocycles. The number of benzene rings is 1. The summed E-state index contributed by atoms with van der Waals surface area (Å²) < 4.78 is 0. The van der Waals surface area contributed by atoms with Crippen LogP contribution in [0.3, 0.4) is 0 Å². The summed E-state index contributed by atoms with van der Waals surface area (Å²) >= 11 is 0. The highest BCUT2D eigenvalue weighted by Crippen LogP contribution is 2.28. The third kappa shape index (κ3) is 4.14. The lowest BCUT2D eigenvalue weighted by molar-refractivity contribution is 0.240. The number of rotatable bonds is 4. The fourth-order valence-electron chi connectivity index (χ4n) is 4.13. The minimum absolute atomic E-state index is 0.691. The highest BCUT2D eigenvalue weighted by molar-refractivity contribution is 5.26. The van der Waals surface area contributed by atoms with E-state index in [2.05, 4.69) is 67.0 Å². The summed E-state index contributed by atoms with van der Waals surface area (Å²) in [4.78, 5) is 7.45. The highest BCUT2D eigenvalue weighted by atomic mass is 15.2. The van der Waals surface area contributed by atoms with Crippen LogP contribution >= 0.6 is 0 Å². The minimum atomic E-state index is 0.691. The van der Waals surface area contributed by atoms with Gasteiger partial charge in [0, 0.05) is 25.2 Å². The lowest BCUT2D eigenvalue weighted by Gasteiger charge is -2.29. The zero-order chi connectivity index (χ0) is 16.4. The molecule has 2 heterocycles. The van der Waals surface area contributed by atoms with Gasteiger partial charge in [-0.25, -0.2) is 0 Å². The zero-order valence-electron chi connectivity index (χ0n) is 15.3. The molecule has 0 aromatic heterocycles. The van der Waals surface area contributed by atoms with Crippen LogP contribution in [0.4, 0.5) is 0 Å². The van der Waals surface area contributed by atoms with Crippen molar-refractivity contribution >= 4 is 0 Å². The predicted octanol–water partition coefficient (Wildman–Crippen LogP) is 3.02. The Bertz CT molecular complexity index is 488. The number of piperidine rings is 1. The first-order valence-electron chi connectivity index (χ1n) is 9.21. The summed E-state index contributed by atoms with van der Waals surface area (Å²) in [5.74, 6) is 0.768. The van der Waals surface area contributed by atoms with Crippen LogP contribution in [-0.2, 0) is 6.54 Å². The first kappa shape index (κ1) is 16.9. The van der Waals surface area contributed by atoms with Gasteiger partial charge in [-0.15, -0.1) is 0 Å². The van der Waals surface area contributed by atoms with E-state index in [1.54, 1.807) is 5.56 Å². The maximum Gasteiger partial charge on any atom is 0.0237 e. The van der Waals surface area contributed by atoms with Crippen molar-refractivity contribution in [2.24, 2.45) is 0 Å². The van der Waals surface area contributed by atoms with Gasteiger partial charge in [0.1, 0.15) is 0 Å². The Labute approximate surface area is 142 Å². The lowest BCUT2D eigenvalue weighted by Crippen LogP contribution is -2.32. The molecule has 3 nitrogen and oxygen atoms in total. The average Bonchev–Trinajstić information content (AvgIpc) is 2.90. The van der Waals surface area contributed by atoms with Crippen LogP contribution in [0.1, 0.15) is 43.2 Å². The molecule has 1 aromatic rings. The van der Waals surface area contributed by atoms with E-state index in [1.165, 1.54) is 44.5 Å². The Balaban J connectivity index is 1.57. The second kappa shape index (κ2) is 7.33. The van der Waals surface area contributed by atoms with Crippen LogP contribution in [0.25, 0.3) is 0 Å². The van der Waals surface area contributed by atoms with Crippen LogP contribution in [0.15, 0.2) is 24.3 Å². The standard InChI is InChI=1S/C20H33N3/c1-16-13-20(21(2)3)15-23(16)14-17-5-7-18(8-6-17)19-9-11-22(4)12-10-19/h5-8,16,19-20H,9-15H2,1-4H3. The van der Waals surface area contributed by atoms with E-state index in [0.717, 1.165) is 12.5 Å². The summed E-state index contributed by atoms with van der Waals surface area (Å²) in [5.41, 5.74) is 3.01. The quantitative estimate of drug-likeness (QED) is 0.845. The van der Waals surface area contributed by atoms with Gasteiger partial charge >= 0.3 is 0 Å². The summed E-state index contributed by atoms with van der Waals surface area (Å²) in [5, 5.41) is 0. The highest BCUT2D eigenvalue weighted by Gasteiger charge is 2.30. The molecular weight excluding hydrogens is 282 g/mol. The molecular formula is C20H33N3. The van der Waals surface area contributed by atoms with Crippen molar-refractivity contribution in [1.82, 2.24) is 14.7 Å². The van der Waals surface area contributed by atoms with Crippen LogP contribution < -0.4 is 0 Å². The molecule has 0 N–H and O–H groups in total. The number of hydrogen-bond acceptors (Lipinski definition) is 3. The number of likely N-dealkylation sites (N-methyl/N-ethyl adjacent to an activating group) is 1. The third-order valence-electron chi connectivity index (χ3n) is 5.97. The largest absolute Gasteiger partial charge is 0.306 e. The maximum absolute atomic E-state index is 2.63. The summed E-state index contributed by atoms with van der Waals surface area (Å²) in [6.45, 7) is 7.15. The monoisotopic (exact) mass is 315 g/mol. The molecule has 0 saturated carbocycles. The van der Waals surface area contributed by atoms with Crippen molar-refractivity contribution in [3.05, 3.63) is 35.4 Å².